The zero-order chi connectivity index (χ0) is 17.6. The van der Waals surface area contributed by atoms with Crippen molar-refractivity contribution in [2.75, 3.05) is 6.54 Å². The van der Waals surface area contributed by atoms with Gasteiger partial charge >= 0.3 is 5.69 Å². The first-order valence-electron chi connectivity index (χ1n) is 8.11. The molecule has 0 saturated heterocycles. The lowest BCUT2D eigenvalue weighted by Gasteiger charge is -2.25. The van der Waals surface area contributed by atoms with Gasteiger partial charge in [-0.15, -0.1) is 6.58 Å². The van der Waals surface area contributed by atoms with Crippen molar-refractivity contribution in [3.63, 3.8) is 0 Å². The first-order valence-corrected chi connectivity index (χ1v) is 8.11. The van der Waals surface area contributed by atoms with Gasteiger partial charge < -0.3 is 15.4 Å². The highest BCUT2D eigenvalue weighted by molar-refractivity contribution is 5.85. The maximum absolute atomic E-state index is 12.4. The van der Waals surface area contributed by atoms with Crippen molar-refractivity contribution in [1.29, 1.82) is 0 Å². The van der Waals surface area contributed by atoms with Gasteiger partial charge in [0.1, 0.15) is 5.56 Å². The van der Waals surface area contributed by atoms with Crippen molar-refractivity contribution in [2.45, 2.75) is 19.0 Å². The molecule has 0 radical (unpaired) electrons. The molecule has 0 fully saturated rings. The fourth-order valence-corrected chi connectivity index (χ4v) is 3.56. The highest BCUT2D eigenvalue weighted by Crippen LogP contribution is 2.34. The van der Waals surface area contributed by atoms with Crippen molar-refractivity contribution in [2.24, 2.45) is 0 Å². The molecule has 7 heteroatoms. The zero-order valence-electron chi connectivity index (χ0n) is 13.5. The standard InChI is InChI=1S/C18H18N4O3/c1-2-9-22-17(24)13(16(23)21-18(22)25)15-14-11(7-8-19-15)10-5-3-4-6-12(10)20-14/h2-6,15,19-20,24H,1,7-9H2,(H,21,23,25)/t15-/m1/s1. The Morgan fingerprint density at radius 3 is 2.88 bits per heavy atom. The minimum atomic E-state index is -0.654. The summed E-state index contributed by atoms with van der Waals surface area (Å²) in [6.45, 7) is 4.36. The van der Waals surface area contributed by atoms with E-state index in [0.717, 1.165) is 33.1 Å². The molecule has 3 heterocycles. The number of allylic oxidation sites excluding steroid dienone is 1. The van der Waals surface area contributed by atoms with Gasteiger partial charge in [0, 0.05) is 29.7 Å². The quantitative estimate of drug-likeness (QED) is 0.538. The van der Waals surface area contributed by atoms with Gasteiger partial charge in [0.2, 0.25) is 5.88 Å². The highest BCUT2D eigenvalue weighted by atomic mass is 16.3. The minimum Gasteiger partial charge on any atom is -0.494 e. The number of fused-ring (bicyclic) bond motifs is 3. The average molecular weight is 338 g/mol. The lowest BCUT2D eigenvalue weighted by atomic mass is 9.95. The first-order chi connectivity index (χ1) is 12.1. The van der Waals surface area contributed by atoms with E-state index in [0.29, 0.717) is 6.54 Å². The topological polar surface area (TPSA) is 103 Å². The fraction of sp³-hybridized carbons (Fsp3) is 0.222. The van der Waals surface area contributed by atoms with Gasteiger partial charge in [-0.25, -0.2) is 4.79 Å². The van der Waals surface area contributed by atoms with Crippen LogP contribution in [0.15, 0.2) is 46.5 Å². The minimum absolute atomic E-state index is 0.112. The highest BCUT2D eigenvalue weighted by Gasteiger charge is 2.30. The number of H-pyrrole nitrogens is 2. The van der Waals surface area contributed by atoms with E-state index in [1.807, 2.05) is 24.3 Å². The van der Waals surface area contributed by atoms with Gasteiger partial charge in [-0.1, -0.05) is 24.3 Å². The lowest BCUT2D eigenvalue weighted by Crippen LogP contribution is -2.39. The molecule has 128 valence electrons. The molecule has 0 saturated carbocycles. The summed E-state index contributed by atoms with van der Waals surface area (Å²) in [6, 6.07) is 7.42. The average Bonchev–Trinajstić information content (AvgIpc) is 2.98. The van der Waals surface area contributed by atoms with Crippen LogP contribution in [0, 0.1) is 0 Å². The summed E-state index contributed by atoms with van der Waals surface area (Å²) in [5.41, 5.74) is 1.84. The smallest absolute Gasteiger partial charge is 0.331 e. The molecule has 1 atom stereocenters. The summed E-state index contributed by atoms with van der Waals surface area (Å²) in [4.78, 5) is 30.0. The monoisotopic (exact) mass is 338 g/mol. The summed E-state index contributed by atoms with van der Waals surface area (Å²) in [6.07, 6.45) is 2.31. The first kappa shape index (κ1) is 15.5. The molecule has 1 aliphatic heterocycles. The summed E-state index contributed by atoms with van der Waals surface area (Å²) < 4.78 is 1.10. The number of nitrogens with one attached hydrogen (secondary N) is 3. The van der Waals surface area contributed by atoms with Crippen LogP contribution in [0.3, 0.4) is 0 Å². The molecule has 1 aromatic carbocycles. The van der Waals surface area contributed by atoms with E-state index in [-0.39, 0.29) is 18.0 Å². The van der Waals surface area contributed by atoms with Crippen LogP contribution in [-0.2, 0) is 13.0 Å². The van der Waals surface area contributed by atoms with Crippen molar-refractivity contribution in [3.8, 4) is 5.88 Å². The second kappa shape index (κ2) is 5.78. The second-order valence-corrected chi connectivity index (χ2v) is 6.10. The van der Waals surface area contributed by atoms with E-state index in [1.54, 1.807) is 0 Å². The third kappa shape index (κ3) is 2.32. The van der Waals surface area contributed by atoms with E-state index >= 15 is 0 Å². The summed E-state index contributed by atoms with van der Waals surface area (Å²) >= 11 is 0. The zero-order valence-corrected chi connectivity index (χ0v) is 13.5. The Labute approximate surface area is 142 Å². The maximum Gasteiger partial charge on any atom is 0.331 e. The van der Waals surface area contributed by atoms with Gasteiger partial charge in [0.25, 0.3) is 5.56 Å². The van der Waals surface area contributed by atoms with Gasteiger partial charge in [-0.2, -0.15) is 0 Å². The summed E-state index contributed by atoms with van der Waals surface area (Å²) in [7, 11) is 0. The number of hydrogen-bond donors (Lipinski definition) is 4. The number of aromatic hydroxyl groups is 1. The Kier molecular flexibility index (Phi) is 3.58. The molecular weight excluding hydrogens is 320 g/mol. The second-order valence-electron chi connectivity index (χ2n) is 6.10. The van der Waals surface area contributed by atoms with E-state index in [2.05, 4.69) is 21.9 Å². The predicted molar refractivity (Wildman–Crippen MR) is 95.0 cm³/mol. The van der Waals surface area contributed by atoms with Crippen LogP contribution in [0.2, 0.25) is 0 Å². The molecular formula is C18H18N4O3. The van der Waals surface area contributed by atoms with Crippen LogP contribution < -0.4 is 16.6 Å². The number of nitrogens with zero attached hydrogens (tertiary/aromatic N) is 1. The van der Waals surface area contributed by atoms with E-state index < -0.39 is 17.3 Å². The van der Waals surface area contributed by atoms with Crippen LogP contribution in [-0.4, -0.2) is 26.2 Å². The fourth-order valence-electron chi connectivity index (χ4n) is 3.56. The molecule has 3 aromatic rings. The number of aromatic nitrogens is 3. The molecule has 0 aliphatic carbocycles. The Balaban J connectivity index is 1.96. The van der Waals surface area contributed by atoms with Crippen LogP contribution in [0.1, 0.15) is 22.9 Å². The van der Waals surface area contributed by atoms with Crippen LogP contribution in [0.4, 0.5) is 0 Å². The SMILES string of the molecule is C=CCn1c(O)c([C@H]2NCCc3c2[nH]c2ccccc32)c(=O)[nH]c1=O. The van der Waals surface area contributed by atoms with Crippen molar-refractivity contribution >= 4 is 10.9 Å². The van der Waals surface area contributed by atoms with Gasteiger partial charge in [-0.3, -0.25) is 14.3 Å². The Morgan fingerprint density at radius 1 is 1.28 bits per heavy atom. The Bertz CT molecular complexity index is 1090. The van der Waals surface area contributed by atoms with Gasteiger partial charge in [0.05, 0.1) is 6.04 Å². The molecule has 1 aliphatic rings. The van der Waals surface area contributed by atoms with Crippen LogP contribution >= 0.6 is 0 Å². The molecule has 7 nitrogen and oxygen atoms in total. The largest absolute Gasteiger partial charge is 0.494 e. The number of rotatable bonds is 3. The van der Waals surface area contributed by atoms with E-state index in [4.69, 9.17) is 0 Å². The lowest BCUT2D eigenvalue weighted by molar-refractivity contribution is 0.391. The Hall–Kier alpha value is -3.06. The van der Waals surface area contributed by atoms with Crippen molar-refractivity contribution in [3.05, 3.63) is 74.6 Å². The third-order valence-corrected chi connectivity index (χ3v) is 4.67. The van der Waals surface area contributed by atoms with Gasteiger partial charge in [-0.05, 0) is 18.1 Å². The predicted octanol–water partition coefficient (Wildman–Crippen LogP) is 1.14. The Morgan fingerprint density at radius 2 is 2.08 bits per heavy atom. The maximum atomic E-state index is 12.4. The molecule has 0 unspecified atom stereocenters. The normalized spacial score (nSPS) is 16.7. The van der Waals surface area contributed by atoms with Gasteiger partial charge in [0.15, 0.2) is 0 Å². The van der Waals surface area contributed by atoms with Crippen LogP contribution in [0.5, 0.6) is 5.88 Å². The molecule has 0 spiro atoms. The molecule has 2 aromatic heterocycles. The number of benzene rings is 1. The van der Waals surface area contributed by atoms with Crippen molar-refractivity contribution < 1.29 is 5.11 Å². The molecule has 0 amide bonds. The van der Waals surface area contributed by atoms with E-state index in [9.17, 15) is 14.7 Å². The molecule has 4 N–H and O–H groups in total. The third-order valence-electron chi connectivity index (χ3n) is 4.67. The number of para-hydroxylation sites is 1. The molecule has 25 heavy (non-hydrogen) atoms. The number of hydrogen-bond acceptors (Lipinski definition) is 4. The summed E-state index contributed by atoms with van der Waals surface area (Å²) in [5.74, 6) is -0.336. The summed E-state index contributed by atoms with van der Waals surface area (Å²) in [5, 5.41) is 15.0. The molecule has 4 rings (SSSR count). The molecule has 0 bridgehead atoms. The van der Waals surface area contributed by atoms with Crippen LogP contribution in [0.25, 0.3) is 10.9 Å². The van der Waals surface area contributed by atoms with E-state index in [1.165, 1.54) is 6.08 Å². The van der Waals surface area contributed by atoms with Crippen molar-refractivity contribution in [1.82, 2.24) is 19.9 Å². The number of aromatic amines is 2.